The lowest BCUT2D eigenvalue weighted by atomic mass is 9.96. The van der Waals surface area contributed by atoms with E-state index in [1.54, 1.807) is 30.7 Å². The lowest BCUT2D eigenvalue weighted by Crippen LogP contribution is -2.20. The van der Waals surface area contributed by atoms with Crippen LogP contribution in [-0.4, -0.2) is 35.2 Å². The quantitative estimate of drug-likeness (QED) is 0.564. The topological polar surface area (TPSA) is 101 Å². The van der Waals surface area contributed by atoms with E-state index >= 15 is 0 Å². The van der Waals surface area contributed by atoms with E-state index in [2.05, 4.69) is 0 Å². The molecule has 0 unspecified atom stereocenters. The summed E-state index contributed by atoms with van der Waals surface area (Å²) in [5, 5.41) is 0. The highest BCUT2D eigenvalue weighted by Crippen LogP contribution is 2.30. The van der Waals surface area contributed by atoms with E-state index in [1.807, 2.05) is 0 Å². The van der Waals surface area contributed by atoms with Gasteiger partial charge in [-0.25, -0.2) is 4.79 Å². The van der Waals surface area contributed by atoms with Gasteiger partial charge in [-0.1, -0.05) is 12.1 Å². The lowest BCUT2D eigenvalue weighted by molar-refractivity contribution is -0.131. The summed E-state index contributed by atoms with van der Waals surface area (Å²) in [4.78, 5) is 48.9. The lowest BCUT2D eigenvalue weighted by Gasteiger charge is -2.13. The zero-order valence-corrected chi connectivity index (χ0v) is 16.4. The number of ether oxygens (including phenoxy) is 3. The molecule has 0 N–H and O–H groups in total. The van der Waals surface area contributed by atoms with Crippen LogP contribution in [0.2, 0.25) is 0 Å². The minimum atomic E-state index is -0.726. The van der Waals surface area contributed by atoms with Crippen molar-refractivity contribution in [3.05, 3.63) is 64.2 Å². The van der Waals surface area contributed by atoms with Crippen LogP contribution in [0.15, 0.2) is 36.1 Å². The number of Topliss-reactive ketones (excluding diaryl/α,β-unsaturated/α-hetero) is 1. The molecule has 1 aromatic heterocycles. The van der Waals surface area contributed by atoms with Crippen molar-refractivity contribution in [3.63, 3.8) is 0 Å². The highest BCUT2D eigenvalue weighted by molar-refractivity contribution is 6.24. The van der Waals surface area contributed by atoms with Gasteiger partial charge in [0.1, 0.15) is 23.6 Å². The number of hydrogen-bond donors (Lipinski definition) is 0. The maximum atomic E-state index is 12.7. The van der Waals surface area contributed by atoms with Crippen molar-refractivity contribution in [2.45, 2.75) is 20.5 Å². The van der Waals surface area contributed by atoms with Crippen molar-refractivity contribution in [1.29, 1.82) is 0 Å². The fourth-order valence-corrected chi connectivity index (χ4v) is 3.19. The van der Waals surface area contributed by atoms with Crippen molar-refractivity contribution in [3.8, 4) is 5.75 Å². The third kappa shape index (κ3) is 3.56. The fourth-order valence-electron chi connectivity index (χ4n) is 3.19. The van der Waals surface area contributed by atoms with E-state index in [9.17, 15) is 19.2 Å². The van der Waals surface area contributed by atoms with E-state index in [-0.39, 0.29) is 40.7 Å². The van der Waals surface area contributed by atoms with E-state index < -0.39 is 17.7 Å². The molecule has 0 bridgehead atoms. The number of rotatable bonds is 5. The molecule has 29 heavy (non-hydrogen) atoms. The summed E-state index contributed by atoms with van der Waals surface area (Å²) in [5.41, 5.74) is 1.49. The number of fused-ring (bicyclic) bond motifs is 1. The van der Waals surface area contributed by atoms with Crippen molar-refractivity contribution in [2.24, 2.45) is 7.05 Å². The number of ketones is 2. The second-order valence-electron chi connectivity index (χ2n) is 6.42. The van der Waals surface area contributed by atoms with Crippen LogP contribution in [0.1, 0.15) is 49.4 Å². The predicted octanol–water partition coefficient (Wildman–Crippen LogP) is 2.53. The van der Waals surface area contributed by atoms with E-state index in [4.69, 9.17) is 14.2 Å². The van der Waals surface area contributed by atoms with Crippen molar-refractivity contribution >= 4 is 23.5 Å². The molecule has 2 aromatic rings. The van der Waals surface area contributed by atoms with Crippen molar-refractivity contribution in [1.82, 2.24) is 4.57 Å². The minimum Gasteiger partial charge on any atom is -0.492 e. The molecule has 1 aromatic carbocycles. The molecule has 3 rings (SSSR count). The van der Waals surface area contributed by atoms with E-state index in [0.717, 1.165) is 6.08 Å². The molecule has 1 aliphatic carbocycles. The number of allylic oxidation sites excluding steroid dienone is 2. The molecule has 0 spiro atoms. The molecule has 0 amide bonds. The van der Waals surface area contributed by atoms with E-state index in [0.29, 0.717) is 11.3 Å². The number of nitrogens with zero attached hydrogens (tertiary/aromatic N) is 1. The Hall–Kier alpha value is -3.68. The van der Waals surface area contributed by atoms with Crippen LogP contribution in [0, 0.1) is 6.92 Å². The van der Waals surface area contributed by atoms with Gasteiger partial charge in [-0.15, -0.1) is 0 Å². The first-order valence-electron chi connectivity index (χ1n) is 8.73. The minimum absolute atomic E-state index is 0.0686. The third-order valence-corrected chi connectivity index (χ3v) is 4.69. The summed E-state index contributed by atoms with van der Waals surface area (Å²) in [6.45, 7) is 2.71. The summed E-state index contributed by atoms with van der Waals surface area (Å²) < 4.78 is 17.0. The number of para-hydroxylation sites is 1. The number of esters is 2. The van der Waals surface area contributed by atoms with Crippen LogP contribution in [0.4, 0.5) is 0 Å². The van der Waals surface area contributed by atoms with Crippen molar-refractivity contribution < 1.29 is 33.4 Å². The van der Waals surface area contributed by atoms with Crippen LogP contribution in [0.5, 0.6) is 5.75 Å². The van der Waals surface area contributed by atoms with Crippen LogP contribution < -0.4 is 4.74 Å². The zero-order chi connectivity index (χ0) is 21.3. The number of methoxy groups -OCH3 is 1. The van der Waals surface area contributed by atoms with Gasteiger partial charge in [0.15, 0.2) is 5.76 Å². The molecule has 0 saturated heterocycles. The van der Waals surface area contributed by atoms with Gasteiger partial charge in [0.25, 0.3) is 0 Å². The number of aromatic nitrogens is 1. The first kappa shape index (κ1) is 20.1. The van der Waals surface area contributed by atoms with Gasteiger partial charge in [0.05, 0.1) is 12.7 Å². The molecule has 8 heteroatoms. The molecule has 0 atom stereocenters. The molecule has 1 heterocycles. The maximum Gasteiger partial charge on any atom is 0.342 e. The standard InChI is InChI=1S/C21H19NO7/c1-11-14(18-19(22(11)3)15(24)9-17(27-4)20(18)25)10-28-21(26)13-7-5-6-8-16(13)29-12(2)23/h5-9H,10H2,1-4H3. The van der Waals surface area contributed by atoms with Gasteiger partial charge in [-0.2, -0.15) is 0 Å². The number of benzene rings is 1. The number of hydrogen-bond acceptors (Lipinski definition) is 7. The monoisotopic (exact) mass is 397 g/mol. The van der Waals surface area contributed by atoms with Crippen LogP contribution >= 0.6 is 0 Å². The molecule has 0 aliphatic heterocycles. The van der Waals surface area contributed by atoms with Crippen LogP contribution in [-0.2, 0) is 27.9 Å². The SMILES string of the molecule is COC1=CC(=O)c2c(c(COC(=O)c3ccccc3OC(C)=O)c(C)n2C)C1=O. The maximum absolute atomic E-state index is 12.7. The van der Waals surface area contributed by atoms with Gasteiger partial charge in [-0.3, -0.25) is 14.4 Å². The van der Waals surface area contributed by atoms with Crippen LogP contribution in [0.3, 0.4) is 0 Å². The largest absolute Gasteiger partial charge is 0.492 e. The summed E-state index contributed by atoms with van der Waals surface area (Å²) in [6, 6.07) is 6.17. The average Bonchev–Trinajstić information content (AvgIpc) is 2.94. The average molecular weight is 397 g/mol. The number of carbonyl (C=O) groups is 4. The predicted molar refractivity (Wildman–Crippen MR) is 101 cm³/mol. The molecule has 0 saturated carbocycles. The smallest absolute Gasteiger partial charge is 0.342 e. The van der Waals surface area contributed by atoms with Gasteiger partial charge in [0, 0.05) is 31.3 Å². The van der Waals surface area contributed by atoms with Crippen LogP contribution in [0.25, 0.3) is 0 Å². The summed E-state index contributed by atoms with van der Waals surface area (Å²) >= 11 is 0. The van der Waals surface area contributed by atoms with E-state index in [1.165, 1.54) is 26.2 Å². The molecule has 0 radical (unpaired) electrons. The number of carbonyl (C=O) groups excluding carboxylic acids is 4. The summed E-state index contributed by atoms with van der Waals surface area (Å²) in [6.07, 6.45) is 1.15. The Kier molecular flexibility index (Phi) is 5.36. The van der Waals surface area contributed by atoms with Crippen molar-refractivity contribution in [2.75, 3.05) is 7.11 Å². The highest BCUT2D eigenvalue weighted by Gasteiger charge is 2.34. The van der Waals surface area contributed by atoms with Gasteiger partial charge >= 0.3 is 11.9 Å². The molecule has 8 nitrogen and oxygen atoms in total. The van der Waals surface area contributed by atoms with Gasteiger partial charge in [-0.05, 0) is 19.1 Å². The second kappa shape index (κ2) is 7.75. The normalized spacial score (nSPS) is 12.9. The molecular weight excluding hydrogens is 378 g/mol. The van der Waals surface area contributed by atoms with Gasteiger partial charge in [0.2, 0.25) is 11.6 Å². The molecule has 150 valence electrons. The Morgan fingerprint density at radius 2 is 1.83 bits per heavy atom. The molecular formula is C21H19NO7. The third-order valence-electron chi connectivity index (χ3n) is 4.69. The Bertz CT molecular complexity index is 1070. The Labute approximate surface area is 166 Å². The zero-order valence-electron chi connectivity index (χ0n) is 16.4. The highest BCUT2D eigenvalue weighted by atomic mass is 16.5. The first-order chi connectivity index (χ1) is 13.8. The van der Waals surface area contributed by atoms with Gasteiger partial charge < -0.3 is 18.8 Å². The summed E-state index contributed by atoms with van der Waals surface area (Å²) in [7, 11) is 2.97. The first-order valence-corrected chi connectivity index (χ1v) is 8.73. The molecule has 1 aliphatic rings. The Morgan fingerprint density at radius 1 is 1.14 bits per heavy atom. The second-order valence-corrected chi connectivity index (χ2v) is 6.42. The Morgan fingerprint density at radius 3 is 2.48 bits per heavy atom. The molecule has 0 fully saturated rings. The Balaban J connectivity index is 1.91. The summed E-state index contributed by atoms with van der Waals surface area (Å²) in [5.74, 6) is -2.09. The fraction of sp³-hybridized carbons (Fsp3) is 0.238.